The first-order valence-corrected chi connectivity index (χ1v) is 26.8. The zero-order valence-corrected chi connectivity index (χ0v) is 42.0. The lowest BCUT2D eigenvalue weighted by Crippen LogP contribution is -2.10. The molecule has 0 N–H and O–H groups in total. The highest BCUT2D eigenvalue weighted by Gasteiger charge is 2.24. The smallest absolute Gasteiger partial charge is 0.240 e. The molecule has 0 atom stereocenters. The van der Waals surface area contributed by atoms with E-state index >= 15 is 0 Å². The van der Waals surface area contributed by atoms with Crippen molar-refractivity contribution in [3.05, 3.63) is 249 Å². The third kappa shape index (κ3) is 6.21. The molecule has 17 aromatic rings. The van der Waals surface area contributed by atoms with Gasteiger partial charge >= 0.3 is 0 Å². The number of para-hydroxylation sites is 6. The van der Waals surface area contributed by atoms with Gasteiger partial charge in [0, 0.05) is 80.2 Å². The van der Waals surface area contributed by atoms with Crippen molar-refractivity contribution in [3.63, 3.8) is 0 Å². The molecule has 358 valence electrons. The van der Waals surface area contributed by atoms with Crippen molar-refractivity contribution in [2.24, 2.45) is 0 Å². The summed E-state index contributed by atoms with van der Waals surface area (Å²) in [6.45, 7) is 0. The topological polar surface area (TPSA) is 58.4 Å². The Kier molecular flexibility index (Phi) is 8.87. The van der Waals surface area contributed by atoms with Crippen LogP contribution in [-0.2, 0) is 0 Å². The van der Waals surface area contributed by atoms with E-state index in [-0.39, 0.29) is 0 Å². The standard InChI is InChI=1S/C69H41N7S/c1-3-17-45(18-4-1)73-57-26-12-7-21-47(57)52-38-54-49-23-9-14-28-59(49)75(63(54)40-61(52)73)68-70-67(43-33-31-42(32-34-43)44-35-36-66-56(37-44)51-25-11-16-30-65(51)77-66)71-69(72-68)76-60-29-15-10-24-50(60)55-39-53-48-22-8-13-27-58(48)74(62(53)41-64(55)76)46-19-5-2-6-20-46/h1-41H. The molecule has 0 unspecified atom stereocenters. The maximum atomic E-state index is 5.66. The Morgan fingerprint density at radius 2 is 0.610 bits per heavy atom. The molecule has 0 amide bonds. The molecule has 0 saturated heterocycles. The quantitative estimate of drug-likeness (QED) is 0.167. The minimum atomic E-state index is 0.530. The molecule has 11 aromatic carbocycles. The van der Waals surface area contributed by atoms with Crippen molar-refractivity contribution in [1.29, 1.82) is 0 Å². The summed E-state index contributed by atoms with van der Waals surface area (Å²) in [5.74, 6) is 1.64. The number of aromatic nitrogens is 7. The highest BCUT2D eigenvalue weighted by molar-refractivity contribution is 7.25. The first-order chi connectivity index (χ1) is 38.2. The zero-order valence-electron chi connectivity index (χ0n) is 41.2. The number of hydrogen-bond acceptors (Lipinski definition) is 4. The van der Waals surface area contributed by atoms with Crippen molar-refractivity contribution in [1.82, 2.24) is 33.2 Å². The molecule has 0 aliphatic carbocycles. The van der Waals surface area contributed by atoms with E-state index in [1.165, 1.54) is 47.3 Å². The average molecular weight is 1000 g/mol. The minimum Gasteiger partial charge on any atom is -0.309 e. The van der Waals surface area contributed by atoms with Gasteiger partial charge in [0.1, 0.15) is 0 Å². The van der Waals surface area contributed by atoms with Crippen LogP contribution in [0.5, 0.6) is 0 Å². The summed E-state index contributed by atoms with van der Waals surface area (Å²) < 4.78 is 11.8. The van der Waals surface area contributed by atoms with Crippen molar-refractivity contribution >= 4 is 119 Å². The van der Waals surface area contributed by atoms with Crippen LogP contribution in [0.1, 0.15) is 0 Å². The van der Waals surface area contributed by atoms with Gasteiger partial charge in [-0.1, -0.05) is 158 Å². The molecule has 0 fully saturated rings. The predicted octanol–water partition coefficient (Wildman–Crippen LogP) is 18.0. The van der Waals surface area contributed by atoms with Gasteiger partial charge in [-0.3, -0.25) is 9.13 Å². The largest absolute Gasteiger partial charge is 0.309 e. The fourth-order valence-electron chi connectivity index (χ4n) is 12.4. The number of benzene rings is 11. The summed E-state index contributed by atoms with van der Waals surface area (Å²) in [4.78, 5) is 16.7. The zero-order chi connectivity index (χ0) is 50.3. The van der Waals surface area contributed by atoms with E-state index < -0.39 is 0 Å². The number of hydrogen-bond donors (Lipinski definition) is 0. The first kappa shape index (κ1) is 42.2. The Balaban J connectivity index is 0.945. The van der Waals surface area contributed by atoms with E-state index in [1.807, 2.05) is 11.3 Å². The SMILES string of the molecule is c1ccc(-n2c3ccccc3c3cc4c5ccccc5n(-c5nc(-c6ccc(-c7ccc8sc9ccccc9c8c7)cc6)nc(-n6c7ccccc7c7cc8c9ccccc9n(-c9ccccc9)c8cc76)n5)c4cc32)cc1. The summed E-state index contributed by atoms with van der Waals surface area (Å²) in [6.07, 6.45) is 0. The number of nitrogens with zero attached hydrogens (tertiary/aromatic N) is 7. The summed E-state index contributed by atoms with van der Waals surface area (Å²) >= 11 is 1.84. The van der Waals surface area contributed by atoms with Gasteiger partial charge in [-0.25, -0.2) is 0 Å². The van der Waals surface area contributed by atoms with E-state index in [0.29, 0.717) is 17.7 Å². The van der Waals surface area contributed by atoms with Gasteiger partial charge in [-0.2, -0.15) is 15.0 Å². The van der Waals surface area contributed by atoms with E-state index in [2.05, 4.69) is 267 Å². The minimum absolute atomic E-state index is 0.530. The third-order valence-electron chi connectivity index (χ3n) is 15.8. The monoisotopic (exact) mass is 999 g/mol. The number of fused-ring (bicyclic) bond motifs is 15. The Bertz CT molecular complexity index is 5020. The molecule has 17 rings (SSSR count). The van der Waals surface area contributed by atoms with Crippen molar-refractivity contribution in [2.45, 2.75) is 0 Å². The predicted molar refractivity (Wildman–Crippen MR) is 321 cm³/mol. The van der Waals surface area contributed by atoms with Crippen molar-refractivity contribution in [2.75, 3.05) is 0 Å². The van der Waals surface area contributed by atoms with Crippen molar-refractivity contribution in [3.8, 4) is 45.8 Å². The molecular weight excluding hydrogens is 959 g/mol. The molecule has 0 bridgehead atoms. The second-order valence-corrected chi connectivity index (χ2v) is 21.1. The van der Waals surface area contributed by atoms with Gasteiger partial charge in [0.2, 0.25) is 11.9 Å². The van der Waals surface area contributed by atoms with Crippen LogP contribution in [0.25, 0.3) is 153 Å². The van der Waals surface area contributed by atoms with Crippen LogP contribution >= 0.6 is 11.3 Å². The Labute approximate surface area is 444 Å². The summed E-state index contributed by atoms with van der Waals surface area (Å²) in [5.41, 5.74) is 13.9. The molecule has 0 saturated carbocycles. The lowest BCUT2D eigenvalue weighted by molar-refractivity contribution is 0.893. The van der Waals surface area contributed by atoms with E-state index in [9.17, 15) is 0 Å². The molecule has 8 heteroatoms. The van der Waals surface area contributed by atoms with Crippen LogP contribution < -0.4 is 0 Å². The Morgan fingerprint density at radius 3 is 1.10 bits per heavy atom. The van der Waals surface area contributed by atoms with Crippen LogP contribution in [-0.4, -0.2) is 33.2 Å². The molecule has 0 aliphatic rings. The normalized spacial score (nSPS) is 12.2. The summed E-state index contributed by atoms with van der Waals surface area (Å²) in [6, 6.07) is 89.7. The molecule has 0 spiro atoms. The van der Waals surface area contributed by atoms with Gasteiger partial charge in [0.25, 0.3) is 0 Å². The van der Waals surface area contributed by atoms with Gasteiger partial charge in [-0.15, -0.1) is 11.3 Å². The Hall–Kier alpha value is -10.2. The average Bonchev–Trinajstić information content (AvgIpc) is 4.39. The lowest BCUT2D eigenvalue weighted by atomic mass is 10.0. The van der Waals surface area contributed by atoms with Gasteiger partial charge in [-0.05, 0) is 102 Å². The van der Waals surface area contributed by atoms with Crippen molar-refractivity contribution < 1.29 is 0 Å². The molecule has 6 heterocycles. The maximum Gasteiger partial charge on any atom is 0.240 e. The maximum absolute atomic E-state index is 5.66. The second kappa shape index (κ2) is 16.2. The molecular formula is C69H41N7S. The fourth-order valence-corrected chi connectivity index (χ4v) is 13.5. The molecule has 0 radical (unpaired) electrons. The molecule has 6 aromatic heterocycles. The lowest BCUT2D eigenvalue weighted by Gasteiger charge is -2.13. The van der Waals surface area contributed by atoms with Crippen LogP contribution in [0.3, 0.4) is 0 Å². The van der Waals surface area contributed by atoms with Gasteiger partial charge in [0.15, 0.2) is 5.82 Å². The van der Waals surface area contributed by atoms with Gasteiger partial charge < -0.3 is 9.13 Å². The highest BCUT2D eigenvalue weighted by Crippen LogP contribution is 2.43. The van der Waals surface area contributed by atoms with Crippen LogP contribution in [0.2, 0.25) is 0 Å². The van der Waals surface area contributed by atoms with E-state index in [4.69, 9.17) is 15.0 Å². The summed E-state index contributed by atoms with van der Waals surface area (Å²) in [7, 11) is 0. The van der Waals surface area contributed by atoms with E-state index in [1.54, 1.807) is 0 Å². The highest BCUT2D eigenvalue weighted by atomic mass is 32.1. The molecule has 0 aliphatic heterocycles. The van der Waals surface area contributed by atoms with E-state index in [0.717, 1.165) is 88.2 Å². The number of rotatable bonds is 6. The number of thiophene rings is 1. The molecule has 7 nitrogen and oxygen atoms in total. The molecule has 77 heavy (non-hydrogen) atoms. The fraction of sp³-hybridized carbons (Fsp3) is 0. The summed E-state index contributed by atoms with van der Waals surface area (Å²) in [5, 5.41) is 11.8. The second-order valence-electron chi connectivity index (χ2n) is 20.0. The Morgan fingerprint density at radius 1 is 0.234 bits per heavy atom. The van der Waals surface area contributed by atoms with Crippen LogP contribution in [0.4, 0.5) is 0 Å². The first-order valence-electron chi connectivity index (χ1n) is 26.0. The van der Waals surface area contributed by atoms with Crippen LogP contribution in [0, 0.1) is 0 Å². The van der Waals surface area contributed by atoms with Crippen LogP contribution in [0.15, 0.2) is 249 Å². The van der Waals surface area contributed by atoms with Gasteiger partial charge in [0.05, 0.1) is 44.1 Å². The third-order valence-corrected chi connectivity index (χ3v) is 17.0.